The molecule has 0 bridgehead atoms. The van der Waals surface area contributed by atoms with Crippen molar-refractivity contribution in [3.8, 4) is 0 Å². The molecule has 4 heteroatoms. The number of benzene rings is 1. The van der Waals surface area contributed by atoms with E-state index in [0.29, 0.717) is 0 Å². The van der Waals surface area contributed by atoms with Gasteiger partial charge in [-0.3, -0.25) is 0 Å². The zero-order chi connectivity index (χ0) is 12.1. The first-order valence-corrected chi connectivity index (χ1v) is 5.77. The molecule has 1 aromatic carbocycles. The third-order valence-corrected chi connectivity index (χ3v) is 2.50. The topological polar surface area (TPSA) is 58.3 Å². The van der Waals surface area contributed by atoms with Crippen molar-refractivity contribution in [1.82, 2.24) is 5.23 Å². The first-order valence-electron chi connectivity index (χ1n) is 5.77. The smallest absolute Gasteiger partial charge is 0.374 e. The van der Waals surface area contributed by atoms with Crippen LogP contribution < -0.4 is 11.0 Å². The maximum Gasteiger partial charge on any atom is 0.374 e. The molecule has 0 unspecified atom stereocenters. The summed E-state index contributed by atoms with van der Waals surface area (Å²) in [6, 6.07) is 8.65. The molecule has 0 saturated carbocycles. The van der Waals surface area contributed by atoms with Gasteiger partial charge in [-0.2, -0.15) is 0 Å². The van der Waals surface area contributed by atoms with Crippen molar-refractivity contribution in [2.24, 2.45) is 5.73 Å². The van der Waals surface area contributed by atoms with Gasteiger partial charge in [0.1, 0.15) is 0 Å². The summed E-state index contributed by atoms with van der Waals surface area (Å²) in [7, 11) is -0.493. The van der Waals surface area contributed by atoms with Crippen LogP contribution in [0, 0.1) is 0 Å². The van der Waals surface area contributed by atoms with Crippen molar-refractivity contribution >= 4 is 7.05 Å². The van der Waals surface area contributed by atoms with Crippen molar-refractivity contribution in [1.29, 1.82) is 0 Å². The molecule has 2 atom stereocenters. The average Bonchev–Trinajstić information content (AvgIpc) is 2.16. The quantitative estimate of drug-likeness (QED) is 0.656. The lowest BCUT2D eigenvalue weighted by atomic mass is 9.86. The van der Waals surface area contributed by atoms with Gasteiger partial charge < -0.3 is 16.0 Å². The molecule has 88 valence electrons. The van der Waals surface area contributed by atoms with Gasteiger partial charge in [0, 0.05) is 12.1 Å². The first-order chi connectivity index (χ1) is 7.49. The fraction of sp³-hybridized carbons (Fsp3) is 0.500. The van der Waals surface area contributed by atoms with Gasteiger partial charge in [-0.25, -0.2) is 0 Å². The number of hydrogen-bond donors (Lipinski definition) is 3. The third kappa shape index (κ3) is 4.35. The van der Waals surface area contributed by atoms with Crippen LogP contribution in [-0.4, -0.2) is 18.1 Å². The van der Waals surface area contributed by atoms with Crippen LogP contribution in [0.3, 0.4) is 0 Å². The third-order valence-electron chi connectivity index (χ3n) is 2.50. The van der Waals surface area contributed by atoms with Crippen molar-refractivity contribution in [2.75, 3.05) is 0 Å². The van der Waals surface area contributed by atoms with Crippen LogP contribution in [0.25, 0.3) is 0 Å². The molecule has 1 rings (SSSR count). The van der Waals surface area contributed by atoms with E-state index in [1.54, 1.807) is 6.82 Å². The molecule has 16 heavy (non-hydrogen) atoms. The average molecular weight is 220 g/mol. The van der Waals surface area contributed by atoms with E-state index >= 15 is 0 Å². The van der Waals surface area contributed by atoms with Crippen LogP contribution in [0.15, 0.2) is 24.3 Å². The van der Waals surface area contributed by atoms with Crippen molar-refractivity contribution in [3.63, 3.8) is 0 Å². The molecule has 0 heterocycles. The lowest BCUT2D eigenvalue weighted by molar-refractivity contribution is 0.534. The van der Waals surface area contributed by atoms with Crippen LogP contribution in [0.4, 0.5) is 0 Å². The lowest BCUT2D eigenvalue weighted by Crippen LogP contribution is -2.32. The van der Waals surface area contributed by atoms with E-state index < -0.39 is 7.05 Å². The number of nitrogens with two attached hydrogens (primary N) is 1. The second-order valence-electron chi connectivity index (χ2n) is 4.49. The summed E-state index contributed by atoms with van der Waals surface area (Å²) in [5.74, 6) is 0. The Morgan fingerprint density at radius 1 is 1.44 bits per heavy atom. The summed E-state index contributed by atoms with van der Waals surface area (Å²) in [5.41, 5.74) is 8.20. The standard InChI is InChI=1S/C12H21BN2O/c1-9(14)7-11-5-4-6-12(8-11)10(2)15-13(3)16/h4-6,8-10,15-16H,7,14H2,1-3H3/t9-,10+/m0/s1. The molecule has 1 aromatic rings. The molecule has 4 N–H and O–H groups in total. The van der Waals surface area contributed by atoms with Gasteiger partial charge >= 0.3 is 7.05 Å². The number of nitrogens with one attached hydrogen (secondary N) is 1. The fourth-order valence-corrected chi connectivity index (χ4v) is 1.82. The van der Waals surface area contributed by atoms with E-state index in [0.717, 1.165) is 6.42 Å². The highest BCUT2D eigenvalue weighted by Gasteiger charge is 2.10. The minimum atomic E-state index is -0.493. The van der Waals surface area contributed by atoms with E-state index in [2.05, 4.69) is 23.4 Å². The molecule has 0 amide bonds. The largest absolute Gasteiger partial charge is 0.437 e. The Kier molecular flexibility index (Phi) is 4.99. The molecule has 0 saturated heterocycles. The monoisotopic (exact) mass is 220 g/mol. The Balaban J connectivity index is 2.73. The Morgan fingerprint density at radius 2 is 2.12 bits per heavy atom. The van der Waals surface area contributed by atoms with Gasteiger partial charge in [-0.1, -0.05) is 24.3 Å². The van der Waals surface area contributed by atoms with Crippen molar-refractivity contribution in [2.45, 2.75) is 39.2 Å². The van der Waals surface area contributed by atoms with Crippen LogP contribution in [0.2, 0.25) is 6.82 Å². The highest BCUT2D eigenvalue weighted by atomic mass is 16.2. The molecule has 0 aromatic heterocycles. The summed E-state index contributed by atoms with van der Waals surface area (Å²) in [6.45, 7) is 5.77. The van der Waals surface area contributed by atoms with Gasteiger partial charge in [0.25, 0.3) is 0 Å². The minimum absolute atomic E-state index is 0.146. The lowest BCUT2D eigenvalue weighted by Gasteiger charge is -2.16. The summed E-state index contributed by atoms with van der Waals surface area (Å²) >= 11 is 0. The number of rotatable bonds is 5. The predicted molar refractivity (Wildman–Crippen MR) is 69.2 cm³/mol. The summed E-state index contributed by atoms with van der Waals surface area (Å²) < 4.78 is 0. The molecule has 0 fully saturated rings. The van der Waals surface area contributed by atoms with Crippen LogP contribution in [0.1, 0.15) is 31.0 Å². The maximum absolute atomic E-state index is 9.27. The van der Waals surface area contributed by atoms with Gasteiger partial charge in [-0.05, 0) is 38.2 Å². The van der Waals surface area contributed by atoms with E-state index in [-0.39, 0.29) is 12.1 Å². The molecule has 0 spiro atoms. The van der Waals surface area contributed by atoms with Gasteiger partial charge in [0.15, 0.2) is 0 Å². The highest BCUT2D eigenvalue weighted by Crippen LogP contribution is 2.15. The van der Waals surface area contributed by atoms with E-state index in [1.807, 2.05) is 19.9 Å². The maximum atomic E-state index is 9.27. The Bertz CT molecular complexity index is 329. The molecular weight excluding hydrogens is 199 g/mol. The molecule has 0 radical (unpaired) electrons. The van der Waals surface area contributed by atoms with Gasteiger partial charge in [0.05, 0.1) is 0 Å². The molecular formula is C12H21BN2O. The SMILES string of the molecule is CB(O)N[C@H](C)c1cccc(C[C@H](C)N)c1. The zero-order valence-corrected chi connectivity index (χ0v) is 10.3. The van der Waals surface area contributed by atoms with E-state index in [1.165, 1.54) is 11.1 Å². The predicted octanol–water partition coefficient (Wildman–Crippen LogP) is 1.34. The summed E-state index contributed by atoms with van der Waals surface area (Å²) in [6.07, 6.45) is 0.884. The Labute approximate surface area is 98.2 Å². The highest BCUT2D eigenvalue weighted by molar-refractivity contribution is 6.45. The normalized spacial score (nSPS) is 14.6. The second-order valence-corrected chi connectivity index (χ2v) is 4.49. The van der Waals surface area contributed by atoms with E-state index in [9.17, 15) is 5.02 Å². The van der Waals surface area contributed by atoms with Gasteiger partial charge in [-0.15, -0.1) is 0 Å². The Hall–Kier alpha value is -0.835. The minimum Gasteiger partial charge on any atom is -0.437 e. The van der Waals surface area contributed by atoms with E-state index in [4.69, 9.17) is 5.73 Å². The molecule has 0 aliphatic carbocycles. The molecule has 0 aliphatic rings. The summed E-state index contributed by atoms with van der Waals surface area (Å²) in [5, 5.41) is 12.3. The second kappa shape index (κ2) is 6.04. The molecule has 0 aliphatic heterocycles. The zero-order valence-electron chi connectivity index (χ0n) is 10.3. The van der Waals surface area contributed by atoms with Crippen LogP contribution in [0.5, 0.6) is 0 Å². The van der Waals surface area contributed by atoms with Crippen molar-refractivity contribution in [3.05, 3.63) is 35.4 Å². The van der Waals surface area contributed by atoms with Crippen LogP contribution >= 0.6 is 0 Å². The Morgan fingerprint density at radius 3 is 2.69 bits per heavy atom. The first kappa shape index (κ1) is 13.2. The van der Waals surface area contributed by atoms with Gasteiger partial charge in [0.2, 0.25) is 0 Å². The van der Waals surface area contributed by atoms with Crippen LogP contribution in [-0.2, 0) is 6.42 Å². The molecule has 3 nitrogen and oxygen atoms in total. The summed E-state index contributed by atoms with van der Waals surface area (Å²) in [4.78, 5) is 0. The fourth-order valence-electron chi connectivity index (χ4n) is 1.82. The number of hydrogen-bond acceptors (Lipinski definition) is 3. The van der Waals surface area contributed by atoms with Crippen molar-refractivity contribution < 1.29 is 5.02 Å².